The van der Waals surface area contributed by atoms with Gasteiger partial charge in [0, 0.05) is 18.1 Å². The van der Waals surface area contributed by atoms with Crippen LogP contribution in [0.2, 0.25) is 0 Å². The van der Waals surface area contributed by atoms with Crippen molar-refractivity contribution >= 4 is 22.5 Å². The molecule has 2 N–H and O–H groups in total. The van der Waals surface area contributed by atoms with Gasteiger partial charge in [0.05, 0.1) is 24.0 Å². The second-order valence-corrected chi connectivity index (χ2v) is 4.72. The number of carbonyl (C=O) groups is 1. The summed E-state index contributed by atoms with van der Waals surface area (Å²) in [6.07, 6.45) is 1.73. The minimum atomic E-state index is -0.152. The summed E-state index contributed by atoms with van der Waals surface area (Å²) >= 11 is 0. The molecule has 3 aromatic rings. The fourth-order valence-electron chi connectivity index (χ4n) is 2.19. The molecule has 5 nitrogen and oxygen atoms in total. The number of aromatic amines is 1. The standard InChI is InChI=1S/C16H15N3O2/c1-21-10-11-5-7-12(8-6-11)16(20)18-14-4-2-3-13-9-17-19-15(13)14/h2-9H,10H2,1H3,(H,17,19)(H,18,20). The molecule has 1 heterocycles. The minimum absolute atomic E-state index is 0.152. The van der Waals surface area contributed by atoms with E-state index in [-0.39, 0.29) is 5.91 Å². The van der Waals surface area contributed by atoms with Gasteiger partial charge in [-0.1, -0.05) is 24.3 Å². The molecular formula is C16H15N3O2. The molecule has 0 bridgehead atoms. The van der Waals surface area contributed by atoms with Crippen LogP contribution in [0.4, 0.5) is 5.69 Å². The van der Waals surface area contributed by atoms with Crippen molar-refractivity contribution in [3.05, 3.63) is 59.8 Å². The van der Waals surface area contributed by atoms with E-state index >= 15 is 0 Å². The average Bonchev–Trinajstić information content (AvgIpc) is 2.98. The van der Waals surface area contributed by atoms with Gasteiger partial charge < -0.3 is 10.1 Å². The molecule has 0 saturated carbocycles. The summed E-state index contributed by atoms with van der Waals surface area (Å²) in [7, 11) is 1.64. The predicted molar refractivity (Wildman–Crippen MR) is 81.2 cm³/mol. The highest BCUT2D eigenvalue weighted by molar-refractivity contribution is 6.08. The van der Waals surface area contributed by atoms with Crippen LogP contribution < -0.4 is 5.32 Å². The van der Waals surface area contributed by atoms with Gasteiger partial charge in [-0.2, -0.15) is 5.10 Å². The van der Waals surface area contributed by atoms with E-state index in [0.29, 0.717) is 12.2 Å². The van der Waals surface area contributed by atoms with Crippen molar-refractivity contribution in [2.45, 2.75) is 6.61 Å². The summed E-state index contributed by atoms with van der Waals surface area (Å²) in [5.41, 5.74) is 3.17. The molecule has 0 saturated heterocycles. The summed E-state index contributed by atoms with van der Waals surface area (Å²) in [5.74, 6) is -0.152. The van der Waals surface area contributed by atoms with Gasteiger partial charge in [-0.15, -0.1) is 0 Å². The third-order valence-corrected chi connectivity index (χ3v) is 3.25. The molecule has 3 rings (SSSR count). The Kier molecular flexibility index (Phi) is 3.66. The van der Waals surface area contributed by atoms with Gasteiger partial charge in [-0.25, -0.2) is 0 Å². The third kappa shape index (κ3) is 2.78. The van der Waals surface area contributed by atoms with Gasteiger partial charge in [0.1, 0.15) is 0 Å². The van der Waals surface area contributed by atoms with E-state index in [2.05, 4.69) is 15.5 Å². The zero-order valence-electron chi connectivity index (χ0n) is 11.6. The van der Waals surface area contributed by atoms with E-state index < -0.39 is 0 Å². The highest BCUT2D eigenvalue weighted by Gasteiger charge is 2.09. The lowest BCUT2D eigenvalue weighted by atomic mass is 10.1. The first-order chi connectivity index (χ1) is 10.3. The lowest BCUT2D eigenvalue weighted by Gasteiger charge is -2.07. The SMILES string of the molecule is COCc1ccc(C(=O)Nc2cccc3cn[nH]c23)cc1. The first kappa shape index (κ1) is 13.3. The minimum Gasteiger partial charge on any atom is -0.380 e. The number of hydrogen-bond donors (Lipinski definition) is 2. The molecule has 0 radical (unpaired) electrons. The van der Waals surface area contributed by atoms with Crippen molar-refractivity contribution in [1.29, 1.82) is 0 Å². The Balaban J connectivity index is 1.81. The number of rotatable bonds is 4. The van der Waals surface area contributed by atoms with Crippen molar-refractivity contribution in [2.75, 3.05) is 12.4 Å². The molecule has 21 heavy (non-hydrogen) atoms. The van der Waals surface area contributed by atoms with Gasteiger partial charge in [0.15, 0.2) is 0 Å². The Hall–Kier alpha value is -2.66. The summed E-state index contributed by atoms with van der Waals surface area (Å²) in [4.78, 5) is 12.3. The fraction of sp³-hybridized carbons (Fsp3) is 0.125. The Bertz CT molecular complexity index is 763. The van der Waals surface area contributed by atoms with Crippen LogP contribution in [0.1, 0.15) is 15.9 Å². The maximum atomic E-state index is 12.3. The Labute approximate surface area is 121 Å². The van der Waals surface area contributed by atoms with Crippen molar-refractivity contribution < 1.29 is 9.53 Å². The summed E-state index contributed by atoms with van der Waals surface area (Å²) in [6.45, 7) is 0.537. The van der Waals surface area contributed by atoms with E-state index in [1.807, 2.05) is 30.3 Å². The lowest BCUT2D eigenvalue weighted by molar-refractivity contribution is 0.102. The van der Waals surface area contributed by atoms with Crippen LogP contribution in [0, 0.1) is 0 Å². The zero-order chi connectivity index (χ0) is 14.7. The van der Waals surface area contributed by atoms with Crippen LogP contribution in [0.3, 0.4) is 0 Å². The van der Waals surface area contributed by atoms with Crippen molar-refractivity contribution in [2.24, 2.45) is 0 Å². The third-order valence-electron chi connectivity index (χ3n) is 3.25. The molecule has 0 aliphatic carbocycles. The molecule has 0 atom stereocenters. The van der Waals surface area contributed by atoms with Crippen LogP contribution in [-0.2, 0) is 11.3 Å². The number of methoxy groups -OCH3 is 1. The number of hydrogen-bond acceptors (Lipinski definition) is 3. The largest absolute Gasteiger partial charge is 0.380 e. The van der Waals surface area contributed by atoms with Crippen molar-refractivity contribution in [3.8, 4) is 0 Å². The quantitative estimate of drug-likeness (QED) is 0.772. The predicted octanol–water partition coefficient (Wildman–Crippen LogP) is 2.96. The Morgan fingerprint density at radius 1 is 1.24 bits per heavy atom. The van der Waals surface area contributed by atoms with Gasteiger partial charge in [0.2, 0.25) is 0 Å². The molecule has 0 fully saturated rings. The first-order valence-electron chi connectivity index (χ1n) is 6.59. The van der Waals surface area contributed by atoms with Crippen LogP contribution >= 0.6 is 0 Å². The van der Waals surface area contributed by atoms with Crippen LogP contribution in [0.5, 0.6) is 0 Å². The zero-order valence-corrected chi connectivity index (χ0v) is 11.6. The topological polar surface area (TPSA) is 67.0 Å². The van der Waals surface area contributed by atoms with Crippen molar-refractivity contribution in [3.63, 3.8) is 0 Å². The van der Waals surface area contributed by atoms with E-state index in [1.54, 1.807) is 25.4 Å². The molecule has 1 amide bonds. The second kappa shape index (κ2) is 5.76. The van der Waals surface area contributed by atoms with E-state index in [9.17, 15) is 4.79 Å². The highest BCUT2D eigenvalue weighted by atomic mass is 16.5. The monoisotopic (exact) mass is 281 g/mol. The van der Waals surface area contributed by atoms with Crippen LogP contribution in [-0.4, -0.2) is 23.2 Å². The summed E-state index contributed by atoms with van der Waals surface area (Å²) < 4.78 is 5.05. The number of para-hydroxylation sites is 1. The molecule has 0 aliphatic rings. The molecule has 0 aliphatic heterocycles. The number of carbonyl (C=O) groups excluding carboxylic acids is 1. The Morgan fingerprint density at radius 2 is 2.05 bits per heavy atom. The Morgan fingerprint density at radius 3 is 2.81 bits per heavy atom. The fourth-order valence-corrected chi connectivity index (χ4v) is 2.19. The molecule has 0 spiro atoms. The maximum absolute atomic E-state index is 12.3. The van der Waals surface area contributed by atoms with Crippen LogP contribution in [0.15, 0.2) is 48.7 Å². The number of ether oxygens (including phenoxy) is 1. The number of nitrogens with zero attached hydrogens (tertiary/aromatic N) is 1. The lowest BCUT2D eigenvalue weighted by Crippen LogP contribution is -2.12. The van der Waals surface area contributed by atoms with Gasteiger partial charge in [-0.05, 0) is 23.8 Å². The molecule has 5 heteroatoms. The van der Waals surface area contributed by atoms with Crippen molar-refractivity contribution in [1.82, 2.24) is 10.2 Å². The first-order valence-corrected chi connectivity index (χ1v) is 6.59. The van der Waals surface area contributed by atoms with Crippen LogP contribution in [0.25, 0.3) is 10.9 Å². The van der Waals surface area contributed by atoms with Gasteiger partial charge in [-0.3, -0.25) is 9.89 Å². The summed E-state index contributed by atoms with van der Waals surface area (Å²) in [5, 5.41) is 10.7. The number of aromatic nitrogens is 2. The van der Waals surface area contributed by atoms with E-state index in [0.717, 1.165) is 22.2 Å². The number of anilines is 1. The van der Waals surface area contributed by atoms with E-state index in [4.69, 9.17) is 4.74 Å². The summed E-state index contributed by atoms with van der Waals surface area (Å²) in [6, 6.07) is 13.0. The molecule has 106 valence electrons. The molecule has 1 aromatic heterocycles. The van der Waals surface area contributed by atoms with Gasteiger partial charge >= 0.3 is 0 Å². The normalized spacial score (nSPS) is 10.7. The maximum Gasteiger partial charge on any atom is 0.255 e. The van der Waals surface area contributed by atoms with E-state index in [1.165, 1.54) is 0 Å². The van der Waals surface area contributed by atoms with Gasteiger partial charge in [0.25, 0.3) is 5.91 Å². The number of benzene rings is 2. The highest BCUT2D eigenvalue weighted by Crippen LogP contribution is 2.21. The number of amides is 1. The average molecular weight is 281 g/mol. The number of H-pyrrole nitrogens is 1. The molecule has 0 unspecified atom stereocenters. The molecule has 2 aromatic carbocycles. The second-order valence-electron chi connectivity index (χ2n) is 4.72. The molecular weight excluding hydrogens is 266 g/mol. The number of fused-ring (bicyclic) bond motifs is 1. The number of nitrogens with one attached hydrogen (secondary N) is 2. The smallest absolute Gasteiger partial charge is 0.255 e.